The van der Waals surface area contributed by atoms with Crippen LogP contribution in [0.3, 0.4) is 0 Å². The van der Waals surface area contributed by atoms with Gasteiger partial charge in [0.15, 0.2) is 9.84 Å². The first kappa shape index (κ1) is 13.3. The molecule has 7 nitrogen and oxygen atoms in total. The highest BCUT2D eigenvalue weighted by atomic mass is 32.2. The van der Waals surface area contributed by atoms with Crippen LogP contribution in [-0.2, 0) is 16.3 Å². The van der Waals surface area contributed by atoms with E-state index in [9.17, 15) is 8.42 Å². The Morgan fingerprint density at radius 1 is 1.42 bits per heavy atom. The first-order valence-corrected chi connectivity index (χ1v) is 7.53. The molecule has 0 saturated heterocycles. The zero-order valence-corrected chi connectivity index (χ0v) is 11.2. The second-order valence-corrected chi connectivity index (χ2v) is 6.15. The minimum atomic E-state index is -3.23. The fourth-order valence-corrected chi connectivity index (χ4v) is 2.26. The molecular weight excluding hydrogens is 266 g/mol. The Balaban J connectivity index is 2.01. The maximum Gasteiger partial charge on any atom is 0.175 e. The molecule has 0 saturated carbocycles. The SMILES string of the molecule is CS(=O)(=O)c1ccc(NCCc2ncn[nH]2)c(N)c1. The van der Waals surface area contributed by atoms with Crippen LogP contribution in [0.4, 0.5) is 11.4 Å². The van der Waals surface area contributed by atoms with Gasteiger partial charge < -0.3 is 11.1 Å². The highest BCUT2D eigenvalue weighted by Gasteiger charge is 2.09. The summed E-state index contributed by atoms with van der Waals surface area (Å²) < 4.78 is 22.7. The molecule has 0 fully saturated rings. The monoisotopic (exact) mass is 281 g/mol. The number of hydrogen-bond donors (Lipinski definition) is 3. The van der Waals surface area contributed by atoms with E-state index in [0.29, 0.717) is 24.3 Å². The molecule has 1 aromatic heterocycles. The summed E-state index contributed by atoms with van der Waals surface area (Å²) in [5, 5.41) is 9.63. The van der Waals surface area contributed by atoms with Gasteiger partial charge in [-0.1, -0.05) is 0 Å². The van der Waals surface area contributed by atoms with Crippen molar-refractivity contribution < 1.29 is 8.42 Å². The van der Waals surface area contributed by atoms with Crippen molar-refractivity contribution in [2.75, 3.05) is 23.9 Å². The zero-order valence-electron chi connectivity index (χ0n) is 10.4. The van der Waals surface area contributed by atoms with Crippen LogP contribution >= 0.6 is 0 Å². The molecule has 19 heavy (non-hydrogen) atoms. The lowest BCUT2D eigenvalue weighted by atomic mass is 10.2. The third kappa shape index (κ3) is 3.44. The van der Waals surface area contributed by atoms with Gasteiger partial charge in [0, 0.05) is 19.2 Å². The second kappa shape index (κ2) is 5.27. The van der Waals surface area contributed by atoms with Gasteiger partial charge in [-0.05, 0) is 18.2 Å². The molecule has 4 N–H and O–H groups in total. The number of aromatic amines is 1. The molecule has 0 atom stereocenters. The summed E-state index contributed by atoms with van der Waals surface area (Å²) >= 11 is 0. The third-order valence-corrected chi connectivity index (χ3v) is 3.70. The van der Waals surface area contributed by atoms with Gasteiger partial charge in [0.1, 0.15) is 12.2 Å². The lowest BCUT2D eigenvalue weighted by Crippen LogP contribution is -2.08. The number of H-pyrrole nitrogens is 1. The van der Waals surface area contributed by atoms with Gasteiger partial charge in [0.2, 0.25) is 0 Å². The van der Waals surface area contributed by atoms with Crippen LogP contribution < -0.4 is 11.1 Å². The van der Waals surface area contributed by atoms with Gasteiger partial charge in [-0.15, -0.1) is 0 Å². The van der Waals surface area contributed by atoms with Crippen molar-refractivity contribution in [1.29, 1.82) is 0 Å². The third-order valence-electron chi connectivity index (χ3n) is 2.59. The summed E-state index contributed by atoms with van der Waals surface area (Å²) in [6.45, 7) is 0.623. The normalized spacial score (nSPS) is 11.4. The number of rotatable bonds is 5. The van der Waals surface area contributed by atoms with Gasteiger partial charge in [-0.25, -0.2) is 13.4 Å². The standard InChI is InChI=1S/C11H15N5O2S/c1-19(17,18)8-2-3-10(9(12)6-8)13-5-4-11-14-7-15-16-11/h2-3,6-7,13H,4-5,12H2,1H3,(H,14,15,16). The molecule has 0 aliphatic heterocycles. The number of nitrogens with zero attached hydrogens (tertiary/aromatic N) is 2. The van der Waals surface area contributed by atoms with Gasteiger partial charge in [0.25, 0.3) is 0 Å². The summed E-state index contributed by atoms with van der Waals surface area (Å²) in [6, 6.07) is 4.64. The number of sulfone groups is 1. The van der Waals surface area contributed by atoms with Crippen LogP contribution in [0.5, 0.6) is 0 Å². The van der Waals surface area contributed by atoms with Crippen molar-refractivity contribution in [2.45, 2.75) is 11.3 Å². The Labute approximate surface area is 111 Å². The molecule has 0 bridgehead atoms. The minimum absolute atomic E-state index is 0.214. The predicted octanol–water partition coefficient (Wildman–Crippen LogP) is 0.445. The van der Waals surface area contributed by atoms with Crippen LogP contribution in [0, 0.1) is 0 Å². The number of hydrogen-bond acceptors (Lipinski definition) is 6. The molecule has 0 unspecified atom stereocenters. The number of aromatic nitrogens is 3. The van der Waals surface area contributed by atoms with E-state index in [1.165, 1.54) is 18.5 Å². The van der Waals surface area contributed by atoms with Crippen LogP contribution in [0.2, 0.25) is 0 Å². The number of anilines is 2. The first-order valence-electron chi connectivity index (χ1n) is 5.64. The Bertz CT molecular complexity index is 652. The smallest absolute Gasteiger partial charge is 0.175 e. The zero-order chi connectivity index (χ0) is 13.9. The van der Waals surface area contributed by atoms with Crippen LogP contribution in [-0.4, -0.2) is 36.4 Å². The highest BCUT2D eigenvalue weighted by molar-refractivity contribution is 7.90. The Morgan fingerprint density at radius 3 is 2.79 bits per heavy atom. The van der Waals surface area contributed by atoms with E-state index in [1.807, 2.05) is 0 Å². The lowest BCUT2D eigenvalue weighted by molar-refractivity contribution is 0.602. The second-order valence-electron chi connectivity index (χ2n) is 4.13. The molecule has 0 radical (unpaired) electrons. The van der Waals surface area contributed by atoms with Gasteiger partial charge in [0.05, 0.1) is 16.3 Å². The summed E-state index contributed by atoms with van der Waals surface area (Å²) in [5.74, 6) is 0.777. The molecule has 0 spiro atoms. The molecular formula is C11H15N5O2S. The molecule has 0 aliphatic carbocycles. The van der Waals surface area contributed by atoms with Gasteiger partial charge in [-0.2, -0.15) is 5.10 Å². The average molecular weight is 281 g/mol. The predicted molar refractivity (Wildman–Crippen MR) is 72.5 cm³/mol. The summed E-state index contributed by atoms with van der Waals surface area (Å²) in [7, 11) is -3.23. The molecule has 102 valence electrons. The minimum Gasteiger partial charge on any atom is -0.397 e. The summed E-state index contributed by atoms with van der Waals surface area (Å²) in [5.41, 5.74) is 6.92. The molecule has 2 rings (SSSR count). The molecule has 1 aromatic carbocycles. The van der Waals surface area contributed by atoms with E-state index in [1.54, 1.807) is 6.07 Å². The van der Waals surface area contributed by atoms with E-state index in [4.69, 9.17) is 5.73 Å². The maximum absolute atomic E-state index is 11.4. The molecule has 2 aromatic rings. The summed E-state index contributed by atoms with van der Waals surface area (Å²) in [4.78, 5) is 4.21. The van der Waals surface area contributed by atoms with Crippen molar-refractivity contribution >= 4 is 21.2 Å². The number of nitrogen functional groups attached to an aromatic ring is 1. The fourth-order valence-electron chi connectivity index (χ4n) is 1.60. The Morgan fingerprint density at radius 2 is 2.21 bits per heavy atom. The van der Waals surface area contributed by atoms with Crippen molar-refractivity contribution in [3.05, 3.63) is 30.4 Å². The van der Waals surface area contributed by atoms with Crippen LogP contribution in [0.25, 0.3) is 0 Å². The Hall–Kier alpha value is -2.09. The van der Waals surface area contributed by atoms with Crippen molar-refractivity contribution in [3.63, 3.8) is 0 Å². The van der Waals surface area contributed by atoms with Crippen molar-refractivity contribution in [2.24, 2.45) is 0 Å². The number of nitrogens with one attached hydrogen (secondary N) is 2. The largest absolute Gasteiger partial charge is 0.397 e. The van der Waals surface area contributed by atoms with E-state index in [0.717, 1.165) is 12.1 Å². The fraction of sp³-hybridized carbons (Fsp3) is 0.273. The average Bonchev–Trinajstić information content (AvgIpc) is 2.83. The number of nitrogens with two attached hydrogens (primary N) is 1. The maximum atomic E-state index is 11.4. The number of benzene rings is 1. The molecule has 0 aliphatic rings. The van der Waals surface area contributed by atoms with E-state index in [2.05, 4.69) is 20.5 Å². The quantitative estimate of drug-likeness (QED) is 0.685. The highest BCUT2D eigenvalue weighted by Crippen LogP contribution is 2.22. The van der Waals surface area contributed by atoms with Crippen molar-refractivity contribution in [1.82, 2.24) is 15.2 Å². The van der Waals surface area contributed by atoms with Gasteiger partial charge in [-0.3, -0.25) is 5.10 Å². The summed E-state index contributed by atoms with van der Waals surface area (Å²) in [6.07, 6.45) is 3.27. The van der Waals surface area contributed by atoms with Crippen LogP contribution in [0.15, 0.2) is 29.4 Å². The van der Waals surface area contributed by atoms with Crippen LogP contribution in [0.1, 0.15) is 5.82 Å². The van der Waals surface area contributed by atoms with E-state index in [-0.39, 0.29) is 4.90 Å². The molecule has 0 amide bonds. The van der Waals surface area contributed by atoms with Gasteiger partial charge >= 0.3 is 0 Å². The lowest BCUT2D eigenvalue weighted by Gasteiger charge is -2.09. The molecule has 8 heteroatoms. The first-order chi connectivity index (χ1) is 8.97. The Kier molecular flexibility index (Phi) is 3.70. The topological polar surface area (TPSA) is 114 Å². The molecule has 1 heterocycles. The van der Waals surface area contributed by atoms with Crippen molar-refractivity contribution in [3.8, 4) is 0 Å². The van der Waals surface area contributed by atoms with E-state index < -0.39 is 9.84 Å². The van der Waals surface area contributed by atoms with E-state index >= 15 is 0 Å².